The number of fused-ring (bicyclic) bond motifs is 1. The maximum absolute atomic E-state index is 12.9. The van der Waals surface area contributed by atoms with Gasteiger partial charge in [0.15, 0.2) is 11.3 Å². The zero-order valence-electron chi connectivity index (χ0n) is 14.4. The molecule has 2 aromatic rings. The minimum atomic E-state index is -0.414. The van der Waals surface area contributed by atoms with Crippen LogP contribution in [0.4, 0.5) is 4.79 Å². The molecule has 9 nitrogen and oxygen atoms in total. The number of hydrogen-bond donors (Lipinski definition) is 0. The van der Waals surface area contributed by atoms with Gasteiger partial charge >= 0.3 is 6.09 Å². The number of pyridine rings is 1. The van der Waals surface area contributed by atoms with Gasteiger partial charge in [-0.05, 0) is 25.0 Å². The Balaban J connectivity index is 1.65. The molecule has 136 valence electrons. The van der Waals surface area contributed by atoms with Crippen LogP contribution in [0.1, 0.15) is 29.4 Å². The van der Waals surface area contributed by atoms with E-state index in [1.807, 2.05) is 0 Å². The van der Waals surface area contributed by atoms with Gasteiger partial charge in [0.1, 0.15) is 5.52 Å². The van der Waals surface area contributed by atoms with Crippen molar-refractivity contribution in [1.82, 2.24) is 24.3 Å². The number of aromatic nitrogens is 3. The number of nitrogens with zero attached hydrogens (tertiary/aromatic N) is 5. The van der Waals surface area contributed by atoms with Crippen LogP contribution in [-0.4, -0.2) is 69.6 Å². The number of piperazine rings is 1. The number of ether oxygens (including phenoxy) is 1. The standard InChI is InChI=1S/C17H19N5O4/c1-26-17(25)21-9-7-20(8-10-21)15(23)13-16(24)22(11-4-5-11)14-12(19-13)3-2-6-18-14/h2-3,6,11H,4-5,7-10H2,1H3. The second-order valence-corrected chi connectivity index (χ2v) is 6.46. The highest BCUT2D eigenvalue weighted by molar-refractivity contribution is 5.93. The van der Waals surface area contributed by atoms with E-state index < -0.39 is 12.0 Å². The van der Waals surface area contributed by atoms with Gasteiger partial charge in [0.25, 0.3) is 11.5 Å². The van der Waals surface area contributed by atoms with Crippen LogP contribution in [0.5, 0.6) is 0 Å². The minimum Gasteiger partial charge on any atom is -0.453 e. The number of amides is 2. The van der Waals surface area contributed by atoms with Crippen LogP contribution in [0.2, 0.25) is 0 Å². The first-order valence-corrected chi connectivity index (χ1v) is 8.59. The molecule has 2 aromatic heterocycles. The number of carbonyl (C=O) groups is 2. The SMILES string of the molecule is COC(=O)N1CCN(C(=O)c2nc3cccnc3n(C3CC3)c2=O)CC1. The average Bonchev–Trinajstić information content (AvgIpc) is 3.51. The van der Waals surface area contributed by atoms with Gasteiger partial charge in [-0.2, -0.15) is 0 Å². The molecule has 26 heavy (non-hydrogen) atoms. The first-order valence-electron chi connectivity index (χ1n) is 8.59. The number of rotatable bonds is 2. The van der Waals surface area contributed by atoms with E-state index in [0.717, 1.165) is 12.8 Å². The summed E-state index contributed by atoms with van der Waals surface area (Å²) in [7, 11) is 1.33. The van der Waals surface area contributed by atoms with Gasteiger partial charge in [-0.25, -0.2) is 14.8 Å². The van der Waals surface area contributed by atoms with E-state index in [2.05, 4.69) is 9.97 Å². The van der Waals surface area contributed by atoms with Gasteiger partial charge in [-0.15, -0.1) is 0 Å². The summed E-state index contributed by atoms with van der Waals surface area (Å²) < 4.78 is 6.29. The summed E-state index contributed by atoms with van der Waals surface area (Å²) >= 11 is 0. The Hall–Kier alpha value is -2.97. The van der Waals surface area contributed by atoms with Crippen molar-refractivity contribution in [3.05, 3.63) is 34.4 Å². The second-order valence-electron chi connectivity index (χ2n) is 6.46. The van der Waals surface area contributed by atoms with E-state index in [1.165, 1.54) is 12.0 Å². The molecule has 0 atom stereocenters. The molecule has 0 aromatic carbocycles. The van der Waals surface area contributed by atoms with E-state index in [-0.39, 0.29) is 17.3 Å². The van der Waals surface area contributed by atoms with Crippen LogP contribution < -0.4 is 5.56 Å². The molecule has 4 rings (SSSR count). The number of carbonyl (C=O) groups excluding carboxylic acids is 2. The predicted octanol–water partition coefficient (Wildman–Crippen LogP) is 0.651. The van der Waals surface area contributed by atoms with Crippen LogP contribution in [-0.2, 0) is 4.74 Å². The molecule has 0 unspecified atom stereocenters. The molecule has 1 saturated carbocycles. The van der Waals surface area contributed by atoms with Crippen molar-refractivity contribution in [2.75, 3.05) is 33.3 Å². The maximum Gasteiger partial charge on any atom is 0.409 e. The van der Waals surface area contributed by atoms with Crippen molar-refractivity contribution in [1.29, 1.82) is 0 Å². The van der Waals surface area contributed by atoms with Crippen LogP contribution in [0.3, 0.4) is 0 Å². The van der Waals surface area contributed by atoms with Crippen molar-refractivity contribution in [3.63, 3.8) is 0 Å². The molecule has 2 amide bonds. The van der Waals surface area contributed by atoms with Crippen molar-refractivity contribution < 1.29 is 14.3 Å². The summed E-state index contributed by atoms with van der Waals surface area (Å²) in [4.78, 5) is 49.0. The third-order valence-corrected chi connectivity index (χ3v) is 4.76. The monoisotopic (exact) mass is 357 g/mol. The van der Waals surface area contributed by atoms with Gasteiger partial charge in [0, 0.05) is 38.4 Å². The van der Waals surface area contributed by atoms with Crippen molar-refractivity contribution in [2.24, 2.45) is 0 Å². The molecule has 0 bridgehead atoms. The molecule has 1 aliphatic carbocycles. The summed E-state index contributed by atoms with van der Waals surface area (Å²) in [6.45, 7) is 1.40. The molecular formula is C17H19N5O4. The van der Waals surface area contributed by atoms with Gasteiger partial charge in [-0.3, -0.25) is 14.2 Å². The zero-order chi connectivity index (χ0) is 18.3. The summed E-state index contributed by atoms with van der Waals surface area (Å²) in [5, 5.41) is 0. The highest BCUT2D eigenvalue weighted by atomic mass is 16.5. The van der Waals surface area contributed by atoms with Gasteiger partial charge in [-0.1, -0.05) is 0 Å². The Bertz CT molecular complexity index is 928. The van der Waals surface area contributed by atoms with Crippen LogP contribution in [0, 0.1) is 0 Å². The fourth-order valence-corrected chi connectivity index (χ4v) is 3.22. The quantitative estimate of drug-likeness (QED) is 0.783. The molecule has 0 N–H and O–H groups in total. The van der Waals surface area contributed by atoms with Crippen LogP contribution >= 0.6 is 0 Å². The Morgan fingerprint density at radius 1 is 1.15 bits per heavy atom. The van der Waals surface area contributed by atoms with E-state index >= 15 is 0 Å². The summed E-state index contributed by atoms with van der Waals surface area (Å²) in [6.07, 6.45) is 3.01. The molecule has 1 saturated heterocycles. The highest BCUT2D eigenvalue weighted by Gasteiger charge is 2.32. The lowest BCUT2D eigenvalue weighted by atomic mass is 10.2. The number of methoxy groups -OCH3 is 1. The molecule has 0 radical (unpaired) electrons. The third kappa shape index (κ3) is 2.79. The molecule has 2 fully saturated rings. The third-order valence-electron chi connectivity index (χ3n) is 4.76. The van der Waals surface area contributed by atoms with Gasteiger partial charge in [0.2, 0.25) is 0 Å². The van der Waals surface area contributed by atoms with Gasteiger partial charge < -0.3 is 14.5 Å². The maximum atomic E-state index is 12.9. The smallest absolute Gasteiger partial charge is 0.409 e. The Kier molecular flexibility index (Phi) is 4.06. The van der Waals surface area contributed by atoms with Crippen molar-refractivity contribution in [2.45, 2.75) is 18.9 Å². The van der Waals surface area contributed by atoms with Crippen LogP contribution in [0.15, 0.2) is 23.1 Å². The van der Waals surface area contributed by atoms with E-state index in [0.29, 0.717) is 37.3 Å². The Morgan fingerprint density at radius 3 is 2.50 bits per heavy atom. The normalized spacial score (nSPS) is 17.4. The summed E-state index contributed by atoms with van der Waals surface area (Å²) in [5.74, 6) is -0.403. The van der Waals surface area contributed by atoms with Crippen LogP contribution in [0.25, 0.3) is 11.2 Å². The molecule has 2 aliphatic rings. The fourth-order valence-electron chi connectivity index (χ4n) is 3.22. The summed E-state index contributed by atoms with van der Waals surface area (Å²) in [5.41, 5.74) is 0.589. The average molecular weight is 357 g/mol. The summed E-state index contributed by atoms with van der Waals surface area (Å²) in [6, 6.07) is 3.58. The van der Waals surface area contributed by atoms with E-state index in [9.17, 15) is 14.4 Å². The molecule has 0 spiro atoms. The molecular weight excluding hydrogens is 338 g/mol. The predicted molar refractivity (Wildman–Crippen MR) is 92.0 cm³/mol. The molecule has 9 heteroatoms. The van der Waals surface area contributed by atoms with E-state index in [4.69, 9.17) is 4.74 Å². The lowest BCUT2D eigenvalue weighted by Crippen LogP contribution is -2.51. The topological polar surface area (TPSA) is 97.6 Å². The van der Waals surface area contributed by atoms with Crippen molar-refractivity contribution >= 4 is 23.2 Å². The Morgan fingerprint density at radius 2 is 1.85 bits per heavy atom. The lowest BCUT2D eigenvalue weighted by molar-refractivity contribution is 0.0593. The molecule has 1 aliphatic heterocycles. The second kappa shape index (κ2) is 6.40. The highest BCUT2D eigenvalue weighted by Crippen LogP contribution is 2.35. The molecule has 3 heterocycles. The zero-order valence-corrected chi connectivity index (χ0v) is 14.4. The first kappa shape index (κ1) is 16.5. The number of hydrogen-bond acceptors (Lipinski definition) is 6. The minimum absolute atomic E-state index is 0.0797. The first-order chi connectivity index (χ1) is 12.6. The lowest BCUT2D eigenvalue weighted by Gasteiger charge is -2.33. The van der Waals surface area contributed by atoms with E-state index in [1.54, 1.807) is 27.8 Å². The van der Waals surface area contributed by atoms with Crippen molar-refractivity contribution in [3.8, 4) is 0 Å². The Labute approximate surface area is 149 Å². The van der Waals surface area contributed by atoms with Gasteiger partial charge in [0.05, 0.1) is 7.11 Å². The fraction of sp³-hybridized carbons (Fsp3) is 0.471. The largest absolute Gasteiger partial charge is 0.453 e.